The van der Waals surface area contributed by atoms with Crippen molar-refractivity contribution in [1.29, 1.82) is 0 Å². The zero-order valence-corrected chi connectivity index (χ0v) is 9.76. The Morgan fingerprint density at radius 1 is 1.56 bits per heavy atom. The summed E-state index contributed by atoms with van der Waals surface area (Å²) in [5, 5.41) is 0. The lowest BCUT2D eigenvalue weighted by atomic mass is 10.3. The maximum Gasteiger partial charge on any atom is 0.359 e. The second-order valence-corrected chi connectivity index (χ2v) is 3.55. The molecule has 0 aliphatic heterocycles. The van der Waals surface area contributed by atoms with Crippen LogP contribution in [0, 0.1) is 5.82 Å². The Bertz CT molecular complexity index is 580. The van der Waals surface area contributed by atoms with E-state index in [1.54, 1.807) is 13.0 Å². The summed E-state index contributed by atoms with van der Waals surface area (Å²) in [4.78, 5) is 15.6. The lowest BCUT2D eigenvalue weighted by Crippen LogP contribution is -2.12. The summed E-state index contributed by atoms with van der Waals surface area (Å²) in [5.74, 6) is -0.941. The summed E-state index contributed by atoms with van der Waals surface area (Å²) in [7, 11) is 0. The average Bonchev–Trinajstić information content (AvgIpc) is 2.71. The fourth-order valence-electron chi connectivity index (χ4n) is 1.59. The van der Waals surface area contributed by atoms with E-state index in [-0.39, 0.29) is 18.1 Å². The number of hydrogen-bond donors (Lipinski definition) is 1. The molecule has 1 aromatic heterocycles. The van der Waals surface area contributed by atoms with Gasteiger partial charge in [-0.1, -0.05) is 6.07 Å². The van der Waals surface area contributed by atoms with Crippen LogP contribution in [0.4, 0.5) is 10.2 Å². The third kappa shape index (κ3) is 2.17. The minimum absolute atomic E-state index is 0.0534. The van der Waals surface area contributed by atoms with E-state index in [0.29, 0.717) is 5.69 Å². The number of benzene rings is 1. The normalized spacial score (nSPS) is 10.3. The van der Waals surface area contributed by atoms with Crippen LogP contribution in [0.3, 0.4) is 0 Å². The lowest BCUT2D eigenvalue weighted by Gasteiger charge is -2.08. The summed E-state index contributed by atoms with van der Waals surface area (Å²) in [6.07, 6.45) is 1.36. The molecule has 0 radical (unpaired) electrons. The highest BCUT2D eigenvalue weighted by Crippen LogP contribution is 2.18. The van der Waals surface area contributed by atoms with Crippen molar-refractivity contribution in [2.45, 2.75) is 6.92 Å². The van der Waals surface area contributed by atoms with Gasteiger partial charge < -0.3 is 10.5 Å². The Hall–Kier alpha value is -2.37. The standard InChI is InChI=1S/C12H12FN3O2/c1-2-18-12(17)10-11(14)15-7-16(10)9-5-3-4-8(13)6-9/h3-7H,2,14H2,1H3. The highest BCUT2D eigenvalue weighted by atomic mass is 19.1. The van der Waals surface area contributed by atoms with Crippen LogP contribution in [0.2, 0.25) is 0 Å². The molecule has 0 amide bonds. The maximum absolute atomic E-state index is 13.2. The van der Waals surface area contributed by atoms with Gasteiger partial charge in [0.05, 0.1) is 12.3 Å². The number of nitrogens with two attached hydrogens (primary N) is 1. The Labute approximate surface area is 103 Å². The largest absolute Gasteiger partial charge is 0.461 e. The summed E-state index contributed by atoms with van der Waals surface area (Å²) in [6.45, 7) is 1.92. The highest BCUT2D eigenvalue weighted by Gasteiger charge is 2.19. The highest BCUT2D eigenvalue weighted by molar-refractivity contribution is 5.93. The Kier molecular flexibility index (Phi) is 3.27. The zero-order chi connectivity index (χ0) is 13.1. The quantitative estimate of drug-likeness (QED) is 0.841. The van der Waals surface area contributed by atoms with Gasteiger partial charge in [0.2, 0.25) is 0 Å². The molecule has 0 bridgehead atoms. The van der Waals surface area contributed by atoms with E-state index < -0.39 is 11.8 Å². The first-order valence-corrected chi connectivity index (χ1v) is 5.39. The first-order chi connectivity index (χ1) is 8.63. The van der Waals surface area contributed by atoms with E-state index in [0.717, 1.165) is 0 Å². The maximum atomic E-state index is 13.2. The van der Waals surface area contributed by atoms with Gasteiger partial charge in [-0.3, -0.25) is 4.57 Å². The summed E-state index contributed by atoms with van der Waals surface area (Å²) < 4.78 is 19.4. The van der Waals surface area contributed by atoms with Crippen LogP contribution >= 0.6 is 0 Å². The SMILES string of the molecule is CCOC(=O)c1c(N)ncn1-c1cccc(F)c1. The number of hydrogen-bond acceptors (Lipinski definition) is 4. The van der Waals surface area contributed by atoms with Gasteiger partial charge in [0.25, 0.3) is 0 Å². The van der Waals surface area contributed by atoms with Gasteiger partial charge in [-0.05, 0) is 25.1 Å². The molecule has 0 unspecified atom stereocenters. The number of carbonyl (C=O) groups is 1. The van der Waals surface area contributed by atoms with Crippen molar-refractivity contribution in [2.24, 2.45) is 0 Å². The van der Waals surface area contributed by atoms with Crippen LogP contribution in [0.25, 0.3) is 5.69 Å². The van der Waals surface area contributed by atoms with E-state index in [9.17, 15) is 9.18 Å². The number of nitrogen functional groups attached to an aromatic ring is 1. The molecule has 1 heterocycles. The van der Waals surface area contributed by atoms with E-state index in [1.807, 2.05) is 0 Å². The third-order valence-corrected chi connectivity index (χ3v) is 2.35. The summed E-state index contributed by atoms with van der Waals surface area (Å²) in [5.41, 5.74) is 6.18. The van der Waals surface area contributed by atoms with Crippen LogP contribution in [0.15, 0.2) is 30.6 Å². The van der Waals surface area contributed by atoms with Gasteiger partial charge >= 0.3 is 5.97 Å². The van der Waals surface area contributed by atoms with Crippen LogP contribution in [-0.2, 0) is 4.74 Å². The molecule has 6 heteroatoms. The van der Waals surface area contributed by atoms with E-state index in [1.165, 1.54) is 29.1 Å². The number of esters is 1. The molecule has 0 atom stereocenters. The predicted octanol–water partition coefficient (Wildman–Crippen LogP) is 1.77. The van der Waals surface area contributed by atoms with Crippen molar-refractivity contribution in [2.75, 3.05) is 12.3 Å². The minimum atomic E-state index is -0.586. The molecule has 2 aromatic rings. The number of carbonyl (C=O) groups excluding carboxylic acids is 1. The van der Waals surface area contributed by atoms with Crippen LogP contribution in [-0.4, -0.2) is 22.1 Å². The molecule has 5 nitrogen and oxygen atoms in total. The third-order valence-electron chi connectivity index (χ3n) is 2.35. The van der Waals surface area contributed by atoms with E-state index >= 15 is 0 Å². The minimum Gasteiger partial charge on any atom is -0.461 e. The number of imidazole rings is 1. The van der Waals surface area contributed by atoms with Crippen molar-refractivity contribution in [3.05, 3.63) is 42.1 Å². The number of aromatic nitrogens is 2. The van der Waals surface area contributed by atoms with E-state index in [4.69, 9.17) is 10.5 Å². The number of rotatable bonds is 3. The van der Waals surface area contributed by atoms with Gasteiger partial charge in [-0.2, -0.15) is 0 Å². The Balaban J connectivity index is 2.49. The molecule has 1 aromatic carbocycles. The Morgan fingerprint density at radius 2 is 2.33 bits per heavy atom. The van der Waals surface area contributed by atoms with Crippen LogP contribution in [0.5, 0.6) is 0 Å². The van der Waals surface area contributed by atoms with Crippen molar-refractivity contribution >= 4 is 11.8 Å². The second kappa shape index (κ2) is 4.87. The van der Waals surface area contributed by atoms with Crippen molar-refractivity contribution in [3.8, 4) is 5.69 Å². The van der Waals surface area contributed by atoms with Crippen molar-refractivity contribution in [1.82, 2.24) is 9.55 Å². The topological polar surface area (TPSA) is 70.1 Å². The fourth-order valence-corrected chi connectivity index (χ4v) is 1.59. The molecular formula is C12H12FN3O2. The average molecular weight is 249 g/mol. The van der Waals surface area contributed by atoms with Crippen LogP contribution < -0.4 is 5.73 Å². The van der Waals surface area contributed by atoms with Gasteiger partial charge in [0, 0.05) is 0 Å². The lowest BCUT2D eigenvalue weighted by molar-refractivity contribution is 0.0518. The summed E-state index contributed by atoms with van der Waals surface area (Å²) >= 11 is 0. The molecule has 0 spiro atoms. The van der Waals surface area contributed by atoms with Crippen molar-refractivity contribution in [3.63, 3.8) is 0 Å². The molecule has 94 valence electrons. The molecule has 0 aliphatic carbocycles. The van der Waals surface area contributed by atoms with E-state index in [2.05, 4.69) is 4.98 Å². The van der Waals surface area contributed by atoms with Crippen molar-refractivity contribution < 1.29 is 13.9 Å². The van der Waals surface area contributed by atoms with Gasteiger partial charge in [0.1, 0.15) is 12.1 Å². The number of nitrogens with zero attached hydrogens (tertiary/aromatic N) is 2. The molecule has 0 saturated heterocycles. The number of halogens is 1. The molecule has 2 rings (SSSR count). The molecule has 18 heavy (non-hydrogen) atoms. The molecule has 0 aliphatic rings. The predicted molar refractivity (Wildman–Crippen MR) is 63.9 cm³/mol. The number of ether oxygens (including phenoxy) is 1. The molecular weight excluding hydrogens is 237 g/mol. The van der Waals surface area contributed by atoms with Gasteiger partial charge in [-0.25, -0.2) is 14.2 Å². The van der Waals surface area contributed by atoms with Crippen LogP contribution in [0.1, 0.15) is 17.4 Å². The first kappa shape index (κ1) is 12.1. The molecule has 2 N–H and O–H groups in total. The monoisotopic (exact) mass is 249 g/mol. The molecule has 0 saturated carbocycles. The first-order valence-electron chi connectivity index (χ1n) is 5.39. The van der Waals surface area contributed by atoms with Gasteiger partial charge in [-0.15, -0.1) is 0 Å². The zero-order valence-electron chi connectivity index (χ0n) is 9.76. The smallest absolute Gasteiger partial charge is 0.359 e. The second-order valence-electron chi connectivity index (χ2n) is 3.55. The molecule has 0 fully saturated rings. The fraction of sp³-hybridized carbons (Fsp3) is 0.167. The number of anilines is 1. The summed E-state index contributed by atoms with van der Waals surface area (Å²) in [6, 6.07) is 5.78. The Morgan fingerprint density at radius 3 is 3.00 bits per heavy atom. The van der Waals surface area contributed by atoms with Gasteiger partial charge in [0.15, 0.2) is 11.5 Å².